The maximum Gasteiger partial charge on any atom is 0.277 e. The quantitative estimate of drug-likeness (QED) is 0.476. The van der Waals surface area contributed by atoms with E-state index < -0.39 is 0 Å². The molecular weight excluding hydrogens is 394 g/mol. The molecule has 2 aromatic carbocycles. The van der Waals surface area contributed by atoms with E-state index in [1.54, 1.807) is 12.4 Å². The zero-order chi connectivity index (χ0) is 21.4. The normalized spacial score (nSPS) is 11.3. The fourth-order valence-corrected chi connectivity index (χ4v) is 3.54. The van der Waals surface area contributed by atoms with Crippen molar-refractivity contribution < 1.29 is 9.63 Å². The number of benzene rings is 2. The largest absolute Gasteiger partial charge is 0.392 e. The predicted octanol–water partition coefficient (Wildman–Crippen LogP) is 3.06. The maximum atomic E-state index is 13.2. The molecule has 0 aliphatic carbocycles. The van der Waals surface area contributed by atoms with Crippen LogP contribution in [0.5, 0.6) is 0 Å². The van der Waals surface area contributed by atoms with Crippen LogP contribution in [0.4, 0.5) is 0 Å². The lowest BCUT2D eigenvalue weighted by molar-refractivity contribution is 0.283. The first kappa shape index (κ1) is 19.0. The Hall–Kier alpha value is -4.04. The number of aryl methyl sites for hydroxylation is 1. The zero-order valence-corrected chi connectivity index (χ0v) is 16.8. The van der Waals surface area contributed by atoms with Crippen LogP contribution in [0, 0.1) is 6.92 Å². The van der Waals surface area contributed by atoms with Crippen molar-refractivity contribution in [1.82, 2.24) is 24.3 Å². The van der Waals surface area contributed by atoms with Crippen molar-refractivity contribution in [3.63, 3.8) is 0 Å². The lowest BCUT2D eigenvalue weighted by atomic mass is 10.1. The number of nitrogens with zero attached hydrogens (tertiary/aromatic N) is 5. The molecule has 31 heavy (non-hydrogen) atoms. The lowest BCUT2D eigenvalue weighted by Gasteiger charge is -2.03. The summed E-state index contributed by atoms with van der Waals surface area (Å²) in [5.74, 6) is 0.779. The molecule has 0 fully saturated rings. The molecule has 0 unspecified atom stereocenters. The van der Waals surface area contributed by atoms with Gasteiger partial charge in [-0.25, -0.2) is 4.52 Å². The van der Waals surface area contributed by atoms with E-state index in [0.717, 1.165) is 16.7 Å². The molecule has 0 atom stereocenters. The Morgan fingerprint density at radius 1 is 1.00 bits per heavy atom. The van der Waals surface area contributed by atoms with E-state index in [2.05, 4.69) is 15.2 Å². The van der Waals surface area contributed by atoms with Gasteiger partial charge < -0.3 is 14.2 Å². The van der Waals surface area contributed by atoms with Crippen LogP contribution in [0.2, 0.25) is 0 Å². The molecule has 3 heterocycles. The number of rotatable bonds is 5. The van der Waals surface area contributed by atoms with Crippen LogP contribution in [0.1, 0.15) is 17.0 Å². The molecule has 154 valence electrons. The molecule has 0 saturated heterocycles. The molecule has 1 N–H and O–H groups in total. The Morgan fingerprint density at radius 3 is 2.52 bits per heavy atom. The van der Waals surface area contributed by atoms with Gasteiger partial charge in [-0.05, 0) is 19.1 Å². The van der Waals surface area contributed by atoms with Gasteiger partial charge in [-0.2, -0.15) is 10.1 Å². The Morgan fingerprint density at radius 2 is 1.77 bits per heavy atom. The number of aromatic nitrogens is 5. The molecule has 3 aromatic heterocycles. The number of fused-ring (bicyclic) bond motifs is 1. The molecule has 8 heteroatoms. The van der Waals surface area contributed by atoms with Crippen molar-refractivity contribution in [2.45, 2.75) is 20.1 Å². The van der Waals surface area contributed by atoms with Crippen molar-refractivity contribution in [2.24, 2.45) is 0 Å². The van der Waals surface area contributed by atoms with E-state index in [0.29, 0.717) is 28.5 Å². The minimum Gasteiger partial charge on any atom is -0.392 e. The Bertz CT molecular complexity index is 1420. The van der Waals surface area contributed by atoms with Gasteiger partial charge >= 0.3 is 0 Å². The third-order valence-electron chi connectivity index (χ3n) is 5.14. The number of hydrogen-bond donors (Lipinski definition) is 1. The van der Waals surface area contributed by atoms with Gasteiger partial charge in [0, 0.05) is 29.1 Å². The van der Waals surface area contributed by atoms with Crippen LogP contribution >= 0.6 is 0 Å². The van der Waals surface area contributed by atoms with Crippen molar-refractivity contribution >= 4 is 5.52 Å². The molecule has 0 radical (unpaired) electrons. The van der Waals surface area contributed by atoms with Gasteiger partial charge in [-0.1, -0.05) is 53.2 Å². The molecule has 0 bridgehead atoms. The Labute approximate surface area is 177 Å². The van der Waals surface area contributed by atoms with Crippen LogP contribution in [0.25, 0.3) is 28.2 Å². The summed E-state index contributed by atoms with van der Waals surface area (Å²) in [6.07, 6.45) is 3.31. The summed E-state index contributed by atoms with van der Waals surface area (Å²) in [5.41, 5.74) is 3.89. The molecule has 5 aromatic rings. The second kappa shape index (κ2) is 7.66. The summed E-state index contributed by atoms with van der Waals surface area (Å²) in [4.78, 5) is 17.6. The molecule has 5 rings (SSSR count). The van der Waals surface area contributed by atoms with E-state index in [1.807, 2.05) is 61.5 Å². The number of hydrogen-bond acceptors (Lipinski definition) is 6. The minimum atomic E-state index is -0.299. The summed E-state index contributed by atoms with van der Waals surface area (Å²) < 4.78 is 8.32. The molecule has 0 amide bonds. The highest BCUT2D eigenvalue weighted by molar-refractivity contribution is 5.72. The molecular formula is C23H19N5O3. The predicted molar refractivity (Wildman–Crippen MR) is 114 cm³/mol. The molecule has 0 spiro atoms. The SMILES string of the molecule is Cc1ccc(-c2nn3ccn(Cc4noc(-c5ccccc5)n4)c(=O)c3c2CO)cc1. The third kappa shape index (κ3) is 3.43. The summed E-state index contributed by atoms with van der Waals surface area (Å²) in [6, 6.07) is 17.2. The average molecular weight is 413 g/mol. The van der Waals surface area contributed by atoms with Crippen molar-refractivity contribution in [1.29, 1.82) is 0 Å². The van der Waals surface area contributed by atoms with E-state index in [1.165, 1.54) is 9.08 Å². The van der Waals surface area contributed by atoms with Gasteiger partial charge in [0.1, 0.15) is 5.52 Å². The fraction of sp³-hybridized carbons (Fsp3) is 0.130. The highest BCUT2D eigenvalue weighted by Gasteiger charge is 2.18. The Balaban J connectivity index is 1.54. The van der Waals surface area contributed by atoms with Crippen molar-refractivity contribution in [3.05, 3.63) is 94.3 Å². The first-order chi connectivity index (χ1) is 15.1. The number of aliphatic hydroxyl groups is 1. The first-order valence-electron chi connectivity index (χ1n) is 9.80. The standard InChI is InChI=1S/C23H19N5O3/c1-15-7-9-16(10-8-15)20-18(14-29)21-23(30)27(11-12-28(21)25-20)13-19-24-22(31-26-19)17-5-3-2-4-6-17/h2-12,29H,13-14H2,1H3. The second-order valence-electron chi connectivity index (χ2n) is 7.26. The number of aliphatic hydroxyl groups excluding tert-OH is 1. The molecule has 0 saturated carbocycles. The molecule has 0 aliphatic heterocycles. The highest BCUT2D eigenvalue weighted by Crippen LogP contribution is 2.25. The summed E-state index contributed by atoms with van der Waals surface area (Å²) in [6.45, 7) is 1.84. The summed E-state index contributed by atoms with van der Waals surface area (Å²) in [5, 5.41) is 18.5. The second-order valence-corrected chi connectivity index (χ2v) is 7.26. The van der Waals surface area contributed by atoms with Crippen molar-refractivity contribution in [2.75, 3.05) is 0 Å². The first-order valence-corrected chi connectivity index (χ1v) is 9.80. The van der Waals surface area contributed by atoms with Gasteiger partial charge in [0.05, 0.1) is 18.8 Å². The molecule has 0 aliphatic rings. The average Bonchev–Trinajstić information content (AvgIpc) is 3.42. The minimum absolute atomic E-state index is 0.140. The van der Waals surface area contributed by atoms with Gasteiger partial charge in [0.25, 0.3) is 11.4 Å². The van der Waals surface area contributed by atoms with Gasteiger partial charge in [-0.15, -0.1) is 0 Å². The van der Waals surface area contributed by atoms with Crippen LogP contribution in [-0.4, -0.2) is 29.4 Å². The van der Waals surface area contributed by atoms with E-state index in [9.17, 15) is 9.90 Å². The van der Waals surface area contributed by atoms with E-state index in [4.69, 9.17) is 4.52 Å². The maximum absolute atomic E-state index is 13.2. The van der Waals surface area contributed by atoms with Gasteiger partial charge in [-0.3, -0.25) is 4.79 Å². The van der Waals surface area contributed by atoms with Gasteiger partial charge in [0.15, 0.2) is 5.82 Å². The Kier molecular flexibility index (Phi) is 4.68. The highest BCUT2D eigenvalue weighted by atomic mass is 16.5. The monoisotopic (exact) mass is 413 g/mol. The lowest BCUT2D eigenvalue weighted by Crippen LogP contribution is -2.23. The van der Waals surface area contributed by atoms with Crippen molar-refractivity contribution in [3.8, 4) is 22.7 Å². The van der Waals surface area contributed by atoms with E-state index >= 15 is 0 Å². The van der Waals surface area contributed by atoms with Gasteiger partial charge in [0.2, 0.25) is 0 Å². The summed E-state index contributed by atoms with van der Waals surface area (Å²) in [7, 11) is 0. The molecule has 8 nitrogen and oxygen atoms in total. The van der Waals surface area contributed by atoms with E-state index in [-0.39, 0.29) is 18.7 Å². The summed E-state index contributed by atoms with van der Waals surface area (Å²) >= 11 is 0. The fourth-order valence-electron chi connectivity index (χ4n) is 3.54. The smallest absolute Gasteiger partial charge is 0.277 e. The zero-order valence-electron chi connectivity index (χ0n) is 16.8. The van der Waals surface area contributed by atoms with Crippen LogP contribution in [0.15, 0.2) is 76.3 Å². The van der Waals surface area contributed by atoms with Crippen LogP contribution < -0.4 is 5.56 Å². The van der Waals surface area contributed by atoms with Crippen LogP contribution in [-0.2, 0) is 13.2 Å². The van der Waals surface area contributed by atoms with Crippen LogP contribution in [0.3, 0.4) is 0 Å². The third-order valence-corrected chi connectivity index (χ3v) is 5.14. The topological polar surface area (TPSA) is 98.5 Å².